The number of nitrogens with zero attached hydrogens (tertiary/aromatic N) is 2. The lowest BCUT2D eigenvalue weighted by molar-refractivity contribution is -0.206. The first-order valence-corrected chi connectivity index (χ1v) is 16.5. The van der Waals surface area contributed by atoms with Gasteiger partial charge < -0.3 is 20.1 Å². The molecule has 2 fully saturated rings. The number of rotatable bonds is 7. The molecule has 3 aromatic rings. The summed E-state index contributed by atoms with van der Waals surface area (Å²) in [5.41, 5.74) is -0.0130. The molecule has 0 spiro atoms. The molecule has 5 rings (SSSR count). The number of likely N-dealkylation sites (tertiary alicyclic amines) is 2. The van der Waals surface area contributed by atoms with Gasteiger partial charge in [-0.05, 0) is 77.4 Å². The highest BCUT2D eigenvalue weighted by Gasteiger charge is 2.65. The van der Waals surface area contributed by atoms with Gasteiger partial charge in [-0.2, -0.15) is 0 Å². The minimum Gasteiger partial charge on any atom is -0.351 e. The van der Waals surface area contributed by atoms with Gasteiger partial charge in [0, 0.05) is 32.6 Å². The number of sulfonamides is 1. The minimum absolute atomic E-state index is 0.0103. The maximum atomic E-state index is 13.8. The van der Waals surface area contributed by atoms with Crippen LogP contribution in [0.5, 0.6) is 0 Å². The Kier molecular flexibility index (Phi) is 8.10. The van der Waals surface area contributed by atoms with Crippen molar-refractivity contribution in [2.45, 2.75) is 50.2 Å². The largest absolute Gasteiger partial charge is 0.351 e. The number of fused-ring (bicyclic) bond motifs is 2. The molecule has 3 heterocycles. The van der Waals surface area contributed by atoms with Crippen LogP contribution in [0.4, 0.5) is 0 Å². The van der Waals surface area contributed by atoms with Crippen LogP contribution in [-0.2, 0) is 19.6 Å². The second-order valence-corrected chi connectivity index (χ2v) is 15.8. The average molecular weight is 746 g/mol. The molecule has 10 nitrogen and oxygen atoms in total. The van der Waals surface area contributed by atoms with Crippen LogP contribution < -0.4 is 10.0 Å². The van der Waals surface area contributed by atoms with Gasteiger partial charge in [0.25, 0.3) is 5.91 Å². The molecular formula is C28H30Cl2IN5O5S. The Labute approximate surface area is 267 Å². The zero-order chi connectivity index (χ0) is 30.8. The Morgan fingerprint density at radius 1 is 1.14 bits per heavy atom. The van der Waals surface area contributed by atoms with Gasteiger partial charge in [0.05, 0.1) is 23.1 Å². The first-order chi connectivity index (χ1) is 19.5. The summed E-state index contributed by atoms with van der Waals surface area (Å²) in [6.07, 6.45) is 0. The molecule has 14 heteroatoms. The summed E-state index contributed by atoms with van der Waals surface area (Å²) in [5.74, 6) is -1.03. The summed E-state index contributed by atoms with van der Waals surface area (Å²) in [6, 6.07) is 10.6. The molecule has 0 radical (unpaired) electrons. The third-order valence-electron chi connectivity index (χ3n) is 7.96. The topological polar surface area (TPSA) is 132 Å². The number of benzene rings is 2. The molecule has 2 aromatic carbocycles. The highest BCUT2D eigenvalue weighted by atomic mass is 127. The third kappa shape index (κ3) is 5.63. The monoisotopic (exact) mass is 745 g/mol. The normalized spacial score (nSPS) is 20.9. The summed E-state index contributed by atoms with van der Waals surface area (Å²) in [4.78, 5) is 46.1. The smallest absolute Gasteiger partial charge is 0.268 e. The highest BCUT2D eigenvalue weighted by Crippen LogP contribution is 2.45. The molecule has 224 valence electrons. The van der Waals surface area contributed by atoms with Crippen LogP contribution >= 0.6 is 45.8 Å². The predicted octanol–water partition coefficient (Wildman–Crippen LogP) is 4.01. The first-order valence-electron chi connectivity index (χ1n) is 13.2. The van der Waals surface area contributed by atoms with Crippen LogP contribution in [0, 0.1) is 8.99 Å². The first kappa shape index (κ1) is 31.0. The van der Waals surface area contributed by atoms with Crippen molar-refractivity contribution in [2.24, 2.45) is 5.41 Å². The van der Waals surface area contributed by atoms with Crippen molar-refractivity contribution in [1.29, 1.82) is 0 Å². The van der Waals surface area contributed by atoms with E-state index < -0.39 is 39.5 Å². The van der Waals surface area contributed by atoms with Crippen LogP contribution in [0.3, 0.4) is 0 Å². The Hall–Kier alpha value is -2.39. The molecular weight excluding hydrogens is 716 g/mol. The fourth-order valence-electron chi connectivity index (χ4n) is 5.48. The second kappa shape index (κ2) is 11.0. The van der Waals surface area contributed by atoms with E-state index in [4.69, 9.17) is 23.2 Å². The second-order valence-electron chi connectivity index (χ2n) is 11.9. The molecule has 2 saturated heterocycles. The lowest BCUT2D eigenvalue weighted by atomic mass is 9.70. The van der Waals surface area contributed by atoms with E-state index in [9.17, 15) is 22.8 Å². The van der Waals surface area contributed by atoms with E-state index in [1.54, 1.807) is 15.9 Å². The fraction of sp³-hybridized carbons (Fsp3) is 0.393. The Morgan fingerprint density at radius 2 is 1.86 bits per heavy atom. The van der Waals surface area contributed by atoms with Crippen LogP contribution in [0.2, 0.25) is 10.0 Å². The van der Waals surface area contributed by atoms with Gasteiger partial charge >= 0.3 is 0 Å². The molecule has 1 unspecified atom stereocenters. The minimum atomic E-state index is -4.07. The van der Waals surface area contributed by atoms with Gasteiger partial charge in [-0.15, -0.1) is 0 Å². The van der Waals surface area contributed by atoms with E-state index in [1.807, 2.05) is 45.9 Å². The summed E-state index contributed by atoms with van der Waals surface area (Å²) >= 11 is 14.1. The lowest BCUT2D eigenvalue weighted by Crippen LogP contribution is -2.89. The maximum absolute atomic E-state index is 13.8. The standard InChI is InChI=1S/C28H30Cl2IN5O5S/c1-27(2,3)24(34-25(38)20-10-15-9-17(31)6-8-19(15)33-20)26(39)36-13-22-28(36,4)14-35(22)23(37)12-32-42(40,41)21-11-16(29)5-7-18(21)30/h5-11,22,24,32-33H,12-14H2,1-4H3,(H,34,38)/t22-,24-,28?/m1/s1. The molecule has 2 aliphatic rings. The average Bonchev–Trinajstić information content (AvgIpc) is 3.33. The van der Waals surface area contributed by atoms with E-state index in [0.29, 0.717) is 5.69 Å². The number of hydrogen-bond acceptors (Lipinski definition) is 5. The van der Waals surface area contributed by atoms with Gasteiger partial charge in [0.1, 0.15) is 16.6 Å². The summed E-state index contributed by atoms with van der Waals surface area (Å²) in [5, 5.41) is 4.02. The van der Waals surface area contributed by atoms with Crippen molar-refractivity contribution >= 4 is 84.4 Å². The van der Waals surface area contributed by atoms with Crippen molar-refractivity contribution in [3.63, 3.8) is 0 Å². The number of hydrogen-bond donors (Lipinski definition) is 3. The van der Waals surface area contributed by atoms with E-state index >= 15 is 0 Å². The van der Waals surface area contributed by atoms with Crippen molar-refractivity contribution in [1.82, 2.24) is 24.8 Å². The number of nitrogens with one attached hydrogen (secondary N) is 3. The van der Waals surface area contributed by atoms with Crippen LogP contribution in [0.15, 0.2) is 47.4 Å². The SMILES string of the molecule is CC(C)(C)[C@H](NC(=O)c1cc2cc(I)ccc2[nH]1)C(=O)N1C[C@H]2N(C(=O)CNS(=O)(=O)c3cc(Cl)ccc3Cl)CC21C. The van der Waals surface area contributed by atoms with Gasteiger partial charge in [0.15, 0.2) is 0 Å². The molecule has 3 N–H and O–H groups in total. The number of piperazine rings is 1. The van der Waals surface area contributed by atoms with E-state index in [1.165, 1.54) is 18.2 Å². The van der Waals surface area contributed by atoms with E-state index in [0.717, 1.165) is 14.5 Å². The van der Waals surface area contributed by atoms with E-state index in [-0.39, 0.29) is 45.9 Å². The summed E-state index contributed by atoms with van der Waals surface area (Å²) in [6.45, 7) is 7.61. The number of amides is 3. The Morgan fingerprint density at radius 3 is 2.50 bits per heavy atom. The highest BCUT2D eigenvalue weighted by molar-refractivity contribution is 14.1. The van der Waals surface area contributed by atoms with E-state index in [2.05, 4.69) is 37.6 Å². The van der Waals surface area contributed by atoms with Gasteiger partial charge in [0.2, 0.25) is 21.8 Å². The number of H-pyrrole nitrogens is 1. The van der Waals surface area contributed by atoms with Crippen LogP contribution in [0.25, 0.3) is 10.9 Å². The van der Waals surface area contributed by atoms with Gasteiger partial charge in [-0.3, -0.25) is 14.4 Å². The zero-order valence-corrected chi connectivity index (χ0v) is 27.8. The number of carbonyl (C=O) groups excluding carboxylic acids is 3. The van der Waals surface area contributed by atoms with Crippen LogP contribution in [0.1, 0.15) is 38.2 Å². The molecule has 3 atom stereocenters. The van der Waals surface area contributed by atoms with Crippen molar-refractivity contribution < 1.29 is 22.8 Å². The predicted molar refractivity (Wildman–Crippen MR) is 169 cm³/mol. The molecule has 2 aliphatic heterocycles. The quantitative estimate of drug-likeness (QED) is 0.315. The lowest BCUT2D eigenvalue weighted by Gasteiger charge is -2.69. The Bertz CT molecular complexity index is 1720. The van der Waals surface area contributed by atoms with Gasteiger partial charge in [-0.1, -0.05) is 44.0 Å². The fourth-order valence-corrected chi connectivity index (χ4v) is 7.73. The van der Waals surface area contributed by atoms with Gasteiger partial charge in [-0.25, -0.2) is 13.1 Å². The summed E-state index contributed by atoms with van der Waals surface area (Å²) in [7, 11) is -4.07. The maximum Gasteiger partial charge on any atom is 0.268 e. The van der Waals surface area contributed by atoms with Crippen molar-refractivity contribution in [3.8, 4) is 0 Å². The summed E-state index contributed by atoms with van der Waals surface area (Å²) < 4.78 is 28.8. The number of aromatic amines is 1. The molecule has 0 bridgehead atoms. The molecule has 0 aliphatic carbocycles. The zero-order valence-electron chi connectivity index (χ0n) is 23.3. The molecule has 3 amide bonds. The van der Waals surface area contributed by atoms with Crippen molar-refractivity contribution in [2.75, 3.05) is 19.6 Å². The third-order valence-corrected chi connectivity index (χ3v) is 10.7. The molecule has 0 saturated carbocycles. The molecule has 1 aromatic heterocycles. The number of halogens is 3. The molecule has 42 heavy (non-hydrogen) atoms. The van der Waals surface area contributed by atoms with Crippen LogP contribution in [-0.4, -0.2) is 78.2 Å². The number of carbonyl (C=O) groups is 3. The van der Waals surface area contributed by atoms with Crippen molar-refractivity contribution in [3.05, 3.63) is 61.8 Å². The number of aromatic nitrogens is 1. The Balaban J connectivity index is 1.22.